The number of allylic oxidation sites excluding steroid dienone is 4. The normalized spacial score (nSPS) is 32.3. The van der Waals surface area contributed by atoms with Crippen LogP contribution in [0.3, 0.4) is 0 Å². The highest BCUT2D eigenvalue weighted by Gasteiger charge is 2.44. The van der Waals surface area contributed by atoms with Crippen LogP contribution in [0.1, 0.15) is 33.1 Å². The van der Waals surface area contributed by atoms with Crippen molar-refractivity contribution in [3.63, 3.8) is 0 Å². The highest BCUT2D eigenvalue weighted by Crippen LogP contribution is 2.53. The molecule has 2 rings (SSSR count). The number of hydrogen-bond acceptors (Lipinski definition) is 1. The van der Waals surface area contributed by atoms with Crippen molar-refractivity contribution in [3.05, 3.63) is 36.0 Å². The van der Waals surface area contributed by atoms with Crippen LogP contribution >= 0.6 is 0 Å². The molecule has 0 aromatic rings. The average Bonchev–Trinajstić information content (AvgIpc) is 2.57. The summed E-state index contributed by atoms with van der Waals surface area (Å²) in [6.07, 6.45) is 8.69. The first kappa shape index (κ1) is 12.2. The molecule has 0 saturated carbocycles. The molecule has 1 spiro atoms. The Kier molecular flexibility index (Phi) is 2.98. The Balaban J connectivity index is 2.27. The van der Waals surface area contributed by atoms with Crippen molar-refractivity contribution in [2.75, 3.05) is 0 Å². The molecule has 0 saturated heterocycles. The summed E-state index contributed by atoms with van der Waals surface area (Å²) in [6, 6.07) is 0. The minimum absolute atomic E-state index is 0.0904. The van der Waals surface area contributed by atoms with Gasteiger partial charge in [0, 0.05) is 11.0 Å². The molecule has 0 aromatic carbocycles. The highest BCUT2D eigenvalue weighted by atomic mass is 16.4. The third kappa shape index (κ3) is 1.86. The number of carboxylic acid groups (broad SMARTS) is 1. The number of carboxylic acids is 1. The van der Waals surface area contributed by atoms with Crippen LogP contribution in [-0.4, -0.2) is 11.1 Å². The van der Waals surface area contributed by atoms with E-state index in [1.165, 1.54) is 5.57 Å². The smallest absolute Gasteiger partial charge is 0.331 e. The Morgan fingerprint density at radius 3 is 2.76 bits per heavy atom. The van der Waals surface area contributed by atoms with E-state index in [1.807, 2.05) is 6.08 Å². The van der Waals surface area contributed by atoms with Gasteiger partial charge in [-0.3, -0.25) is 0 Å². The summed E-state index contributed by atoms with van der Waals surface area (Å²) in [6.45, 7) is 8.63. The first-order chi connectivity index (χ1) is 7.97. The zero-order valence-corrected chi connectivity index (χ0v) is 10.6. The van der Waals surface area contributed by atoms with Gasteiger partial charge in [0.1, 0.15) is 0 Å². The third-order valence-electron chi connectivity index (χ3n) is 4.33. The van der Waals surface area contributed by atoms with Crippen molar-refractivity contribution in [1.29, 1.82) is 0 Å². The van der Waals surface area contributed by atoms with Gasteiger partial charge >= 0.3 is 5.97 Å². The van der Waals surface area contributed by atoms with Crippen LogP contribution in [0, 0.1) is 17.3 Å². The van der Waals surface area contributed by atoms with Gasteiger partial charge in [-0.15, -0.1) is 0 Å². The highest BCUT2D eigenvalue weighted by molar-refractivity contribution is 5.86. The van der Waals surface area contributed by atoms with Gasteiger partial charge in [-0.1, -0.05) is 38.7 Å². The predicted molar refractivity (Wildman–Crippen MR) is 68.6 cm³/mol. The second-order valence-electron chi connectivity index (χ2n) is 5.55. The summed E-state index contributed by atoms with van der Waals surface area (Å²) in [7, 11) is 0. The molecule has 0 fully saturated rings. The zero-order chi connectivity index (χ0) is 12.6. The Hall–Kier alpha value is -1.31. The summed E-state index contributed by atoms with van der Waals surface area (Å²) in [5.74, 6) is 0.310. The molecule has 92 valence electrons. The molecule has 2 heteroatoms. The minimum Gasteiger partial charge on any atom is -0.478 e. The van der Waals surface area contributed by atoms with E-state index in [9.17, 15) is 4.79 Å². The fourth-order valence-corrected chi connectivity index (χ4v) is 3.30. The van der Waals surface area contributed by atoms with Gasteiger partial charge in [0.25, 0.3) is 0 Å². The molecule has 0 radical (unpaired) electrons. The third-order valence-corrected chi connectivity index (χ3v) is 4.33. The van der Waals surface area contributed by atoms with E-state index in [0.717, 1.165) is 12.8 Å². The van der Waals surface area contributed by atoms with Crippen LogP contribution in [-0.2, 0) is 4.79 Å². The Morgan fingerprint density at radius 1 is 1.59 bits per heavy atom. The lowest BCUT2D eigenvalue weighted by Gasteiger charge is -2.40. The molecule has 2 aliphatic rings. The Labute approximate surface area is 103 Å². The molecule has 17 heavy (non-hydrogen) atoms. The van der Waals surface area contributed by atoms with Gasteiger partial charge < -0.3 is 5.11 Å². The lowest BCUT2D eigenvalue weighted by molar-refractivity contribution is -0.133. The van der Waals surface area contributed by atoms with Gasteiger partial charge in [-0.25, -0.2) is 4.79 Å². The maximum absolute atomic E-state index is 10.9. The first-order valence-electron chi connectivity index (χ1n) is 6.27. The molecule has 2 nitrogen and oxygen atoms in total. The van der Waals surface area contributed by atoms with E-state index in [1.54, 1.807) is 0 Å². The van der Waals surface area contributed by atoms with E-state index in [-0.39, 0.29) is 5.41 Å². The zero-order valence-electron chi connectivity index (χ0n) is 10.6. The lowest BCUT2D eigenvalue weighted by atomic mass is 9.63. The van der Waals surface area contributed by atoms with Crippen molar-refractivity contribution in [1.82, 2.24) is 0 Å². The average molecular weight is 232 g/mol. The molecular formula is C15H20O2. The molecule has 2 atom stereocenters. The Morgan fingerprint density at radius 2 is 2.29 bits per heavy atom. The van der Waals surface area contributed by atoms with Crippen LogP contribution < -0.4 is 0 Å². The standard InChI is InChI=1S/C15H20O2/c1-10(2)13-5-4-11(3)15(13)8-6-12(7-9-15)14(16)17/h4-6,10,13H,3,7-9H2,1-2H3,(H,16,17)/t13-,15?/m0/s1. The second-order valence-corrected chi connectivity index (χ2v) is 5.55. The molecule has 0 aromatic heterocycles. The van der Waals surface area contributed by atoms with E-state index >= 15 is 0 Å². The molecule has 1 N–H and O–H groups in total. The van der Waals surface area contributed by atoms with Crippen LogP contribution in [0.5, 0.6) is 0 Å². The van der Waals surface area contributed by atoms with E-state index in [4.69, 9.17) is 5.11 Å². The quantitative estimate of drug-likeness (QED) is 0.790. The Bertz CT molecular complexity index is 415. The summed E-state index contributed by atoms with van der Waals surface area (Å²) in [5.41, 5.74) is 1.84. The molecule has 0 aliphatic heterocycles. The van der Waals surface area contributed by atoms with Crippen molar-refractivity contribution in [2.45, 2.75) is 33.1 Å². The first-order valence-corrected chi connectivity index (χ1v) is 6.27. The minimum atomic E-state index is -0.766. The summed E-state index contributed by atoms with van der Waals surface area (Å²) < 4.78 is 0. The molecule has 2 aliphatic carbocycles. The van der Waals surface area contributed by atoms with Crippen molar-refractivity contribution in [2.24, 2.45) is 17.3 Å². The van der Waals surface area contributed by atoms with Crippen LogP contribution in [0.4, 0.5) is 0 Å². The fourth-order valence-electron chi connectivity index (χ4n) is 3.30. The molecule has 0 heterocycles. The van der Waals surface area contributed by atoms with Crippen LogP contribution in [0.2, 0.25) is 0 Å². The van der Waals surface area contributed by atoms with Crippen LogP contribution in [0.15, 0.2) is 36.0 Å². The van der Waals surface area contributed by atoms with Gasteiger partial charge in [-0.05, 0) is 36.7 Å². The van der Waals surface area contributed by atoms with E-state index in [2.05, 4.69) is 32.6 Å². The second kappa shape index (κ2) is 4.17. The molecule has 0 bridgehead atoms. The fraction of sp³-hybridized carbons (Fsp3) is 0.533. The van der Waals surface area contributed by atoms with Gasteiger partial charge in [-0.2, -0.15) is 0 Å². The van der Waals surface area contributed by atoms with Crippen molar-refractivity contribution >= 4 is 5.97 Å². The number of carbonyl (C=O) groups is 1. The summed E-state index contributed by atoms with van der Waals surface area (Å²) >= 11 is 0. The molecule has 0 amide bonds. The largest absolute Gasteiger partial charge is 0.478 e. The monoisotopic (exact) mass is 232 g/mol. The maximum atomic E-state index is 10.9. The van der Waals surface area contributed by atoms with E-state index in [0.29, 0.717) is 23.8 Å². The van der Waals surface area contributed by atoms with Crippen LogP contribution in [0.25, 0.3) is 0 Å². The molecular weight excluding hydrogens is 212 g/mol. The number of hydrogen-bond donors (Lipinski definition) is 1. The number of aliphatic carboxylic acids is 1. The van der Waals surface area contributed by atoms with Gasteiger partial charge in [0.05, 0.1) is 0 Å². The topological polar surface area (TPSA) is 37.3 Å². The summed E-state index contributed by atoms with van der Waals surface area (Å²) in [5, 5.41) is 9.00. The van der Waals surface area contributed by atoms with Crippen molar-refractivity contribution in [3.8, 4) is 0 Å². The van der Waals surface area contributed by atoms with Gasteiger partial charge in [0.15, 0.2) is 0 Å². The molecule has 1 unspecified atom stereocenters. The SMILES string of the molecule is C=C1C=C[C@@H](C(C)C)C12CC=C(C(=O)O)CC2. The lowest BCUT2D eigenvalue weighted by Crippen LogP contribution is -2.33. The van der Waals surface area contributed by atoms with Gasteiger partial charge in [0.2, 0.25) is 0 Å². The predicted octanol–water partition coefficient (Wildman–Crippen LogP) is 3.57. The maximum Gasteiger partial charge on any atom is 0.331 e. The number of rotatable bonds is 2. The van der Waals surface area contributed by atoms with Crippen molar-refractivity contribution < 1.29 is 9.90 Å². The summed E-state index contributed by atoms with van der Waals surface area (Å²) in [4.78, 5) is 10.9. The van der Waals surface area contributed by atoms with E-state index < -0.39 is 5.97 Å².